The van der Waals surface area contributed by atoms with Crippen LogP contribution in [0.5, 0.6) is 0 Å². The Balaban J connectivity index is 3.15. The minimum Gasteiger partial charge on any atom is -0.381 e. The summed E-state index contributed by atoms with van der Waals surface area (Å²) in [6, 6.07) is 0. The van der Waals surface area contributed by atoms with Crippen molar-refractivity contribution in [2.75, 3.05) is 32.9 Å². The van der Waals surface area contributed by atoms with Crippen LogP contribution in [0.25, 0.3) is 0 Å². The number of unbranched alkanes of at least 4 members (excludes halogenated alkanes) is 4. The highest BCUT2D eigenvalue weighted by Gasteiger charge is 2.02. The van der Waals surface area contributed by atoms with Gasteiger partial charge in [0.1, 0.15) is 6.61 Å². The molecule has 0 fully saturated rings. The van der Waals surface area contributed by atoms with Gasteiger partial charge in [0.05, 0.1) is 6.10 Å². The van der Waals surface area contributed by atoms with Crippen LogP contribution in [0.2, 0.25) is 0 Å². The molecule has 0 aromatic heterocycles. The quantitative estimate of drug-likeness (QED) is 0.422. The molecule has 142 valence electrons. The van der Waals surface area contributed by atoms with Gasteiger partial charge in [-0.15, -0.1) is 0 Å². The van der Waals surface area contributed by atoms with Crippen molar-refractivity contribution in [1.29, 1.82) is 0 Å². The van der Waals surface area contributed by atoms with Gasteiger partial charge in [-0.05, 0) is 52.4 Å². The van der Waals surface area contributed by atoms with Crippen LogP contribution in [0, 0.1) is 0 Å². The maximum Gasteiger partial charge on any atom is 0.246 e. The molecular weight excluding hydrogens is 308 g/mol. The monoisotopic (exact) mass is 344 g/mol. The first-order valence-electron chi connectivity index (χ1n) is 9.29. The summed E-state index contributed by atoms with van der Waals surface area (Å²) in [5.41, 5.74) is 0. The second-order valence-corrected chi connectivity index (χ2v) is 6.15. The van der Waals surface area contributed by atoms with Gasteiger partial charge >= 0.3 is 0 Å². The van der Waals surface area contributed by atoms with E-state index in [1.165, 1.54) is 0 Å². The fourth-order valence-corrected chi connectivity index (χ4v) is 1.99. The number of hydrogen-bond acceptors (Lipinski definition) is 4. The molecule has 0 atom stereocenters. The maximum atomic E-state index is 11.4. The number of carbonyl (C=O) groups excluding carboxylic acids is 2. The molecule has 6 nitrogen and oxygen atoms in total. The summed E-state index contributed by atoms with van der Waals surface area (Å²) in [6.07, 6.45) is 6.80. The number of nitrogens with one attached hydrogen (secondary N) is 2. The van der Waals surface area contributed by atoms with Crippen LogP contribution in [-0.2, 0) is 19.1 Å². The normalized spacial score (nSPS) is 10.8. The molecule has 0 spiro atoms. The third-order valence-corrected chi connectivity index (χ3v) is 3.44. The predicted octanol–water partition coefficient (Wildman–Crippen LogP) is 2.41. The van der Waals surface area contributed by atoms with Gasteiger partial charge in [0, 0.05) is 32.7 Å². The second-order valence-electron chi connectivity index (χ2n) is 6.15. The van der Waals surface area contributed by atoms with Crippen molar-refractivity contribution in [1.82, 2.24) is 10.6 Å². The van der Waals surface area contributed by atoms with E-state index in [1.807, 2.05) is 20.8 Å². The molecule has 0 aromatic carbocycles. The zero-order valence-electron chi connectivity index (χ0n) is 15.7. The Morgan fingerprint density at radius 2 is 1.38 bits per heavy atom. The van der Waals surface area contributed by atoms with E-state index in [2.05, 4.69) is 10.6 Å². The number of ether oxygens (including phenoxy) is 2. The third kappa shape index (κ3) is 17.2. The summed E-state index contributed by atoms with van der Waals surface area (Å²) < 4.78 is 10.8. The first-order chi connectivity index (χ1) is 11.6. The van der Waals surface area contributed by atoms with Gasteiger partial charge in [-0.1, -0.05) is 6.92 Å². The molecule has 0 rings (SSSR count). The smallest absolute Gasteiger partial charge is 0.246 e. The van der Waals surface area contributed by atoms with Gasteiger partial charge in [-0.25, -0.2) is 0 Å². The number of amides is 2. The maximum absolute atomic E-state index is 11.4. The topological polar surface area (TPSA) is 76.7 Å². The highest BCUT2D eigenvalue weighted by Crippen LogP contribution is 1.98. The van der Waals surface area contributed by atoms with Crippen molar-refractivity contribution in [2.24, 2.45) is 0 Å². The molecule has 2 amide bonds. The lowest BCUT2D eigenvalue weighted by Crippen LogP contribution is -2.29. The van der Waals surface area contributed by atoms with Crippen LogP contribution < -0.4 is 10.6 Å². The lowest BCUT2D eigenvalue weighted by atomic mass is 10.2. The summed E-state index contributed by atoms with van der Waals surface area (Å²) >= 11 is 0. The second kappa shape index (κ2) is 16.7. The predicted molar refractivity (Wildman–Crippen MR) is 95.9 cm³/mol. The fourth-order valence-electron chi connectivity index (χ4n) is 1.99. The molecule has 24 heavy (non-hydrogen) atoms. The number of hydrogen-bond donors (Lipinski definition) is 2. The van der Waals surface area contributed by atoms with E-state index in [0.29, 0.717) is 13.0 Å². The van der Waals surface area contributed by atoms with Gasteiger partial charge < -0.3 is 20.1 Å². The van der Waals surface area contributed by atoms with Crippen molar-refractivity contribution in [3.05, 3.63) is 0 Å². The van der Waals surface area contributed by atoms with Crippen LogP contribution in [-0.4, -0.2) is 50.8 Å². The molecule has 0 saturated heterocycles. The van der Waals surface area contributed by atoms with E-state index >= 15 is 0 Å². The van der Waals surface area contributed by atoms with E-state index < -0.39 is 0 Å². The lowest BCUT2D eigenvalue weighted by Gasteiger charge is -2.08. The van der Waals surface area contributed by atoms with E-state index in [4.69, 9.17) is 9.47 Å². The molecule has 0 saturated carbocycles. The average Bonchev–Trinajstić information content (AvgIpc) is 2.56. The van der Waals surface area contributed by atoms with E-state index in [0.717, 1.165) is 58.3 Å². The first-order valence-corrected chi connectivity index (χ1v) is 9.29. The molecule has 0 bridgehead atoms. The largest absolute Gasteiger partial charge is 0.381 e. The van der Waals surface area contributed by atoms with Crippen molar-refractivity contribution >= 4 is 11.8 Å². The Labute approximate surface area is 147 Å². The molecule has 0 aliphatic heterocycles. The molecule has 0 aromatic rings. The third-order valence-electron chi connectivity index (χ3n) is 3.44. The van der Waals surface area contributed by atoms with E-state index in [1.54, 1.807) is 0 Å². The zero-order chi connectivity index (χ0) is 18.0. The molecule has 0 aliphatic rings. The Kier molecular flexibility index (Phi) is 15.9. The number of rotatable bonds is 16. The standard InChI is InChI=1S/C18H36N2O4/c1-4-17(21)19-11-7-5-9-13-23-14-10-6-8-12-20-18(22)15-24-16(2)3/h16H,4-15H2,1-3H3,(H,19,21)(H,20,22). The van der Waals surface area contributed by atoms with Gasteiger partial charge in [-0.2, -0.15) is 0 Å². The van der Waals surface area contributed by atoms with Crippen LogP contribution in [0.3, 0.4) is 0 Å². The minimum absolute atomic E-state index is 0.0462. The van der Waals surface area contributed by atoms with Gasteiger partial charge in [0.15, 0.2) is 0 Å². The van der Waals surface area contributed by atoms with E-state index in [-0.39, 0.29) is 24.5 Å². The molecule has 2 N–H and O–H groups in total. The molecule has 0 heterocycles. The zero-order valence-corrected chi connectivity index (χ0v) is 15.7. The van der Waals surface area contributed by atoms with Crippen molar-refractivity contribution < 1.29 is 19.1 Å². The summed E-state index contributed by atoms with van der Waals surface area (Å²) in [7, 11) is 0. The molecular formula is C18H36N2O4. The summed E-state index contributed by atoms with van der Waals surface area (Å²) in [5.74, 6) is 0.0740. The van der Waals surface area contributed by atoms with Gasteiger partial charge in [-0.3, -0.25) is 9.59 Å². The molecule has 6 heteroatoms. The average molecular weight is 344 g/mol. The Morgan fingerprint density at radius 3 is 1.88 bits per heavy atom. The first kappa shape index (κ1) is 22.9. The Hall–Kier alpha value is -1.14. The van der Waals surface area contributed by atoms with Crippen LogP contribution in [0.1, 0.15) is 65.7 Å². The van der Waals surface area contributed by atoms with Crippen molar-refractivity contribution in [3.8, 4) is 0 Å². The molecule has 0 aliphatic carbocycles. The highest BCUT2D eigenvalue weighted by molar-refractivity contribution is 5.77. The van der Waals surface area contributed by atoms with E-state index in [9.17, 15) is 9.59 Å². The minimum atomic E-state index is -0.0462. The summed E-state index contributed by atoms with van der Waals surface area (Å²) in [6.45, 7) is 8.85. The SMILES string of the molecule is CCC(=O)NCCCCCOCCCCCNC(=O)COC(C)C. The molecule has 0 radical (unpaired) electrons. The van der Waals surface area contributed by atoms with Gasteiger partial charge in [0.25, 0.3) is 0 Å². The fraction of sp³-hybridized carbons (Fsp3) is 0.889. The van der Waals surface area contributed by atoms with Crippen LogP contribution in [0.15, 0.2) is 0 Å². The van der Waals surface area contributed by atoms with Crippen LogP contribution >= 0.6 is 0 Å². The Morgan fingerprint density at radius 1 is 0.833 bits per heavy atom. The van der Waals surface area contributed by atoms with Crippen molar-refractivity contribution in [2.45, 2.75) is 71.8 Å². The number of carbonyl (C=O) groups is 2. The molecule has 0 unspecified atom stereocenters. The van der Waals surface area contributed by atoms with Gasteiger partial charge in [0.2, 0.25) is 11.8 Å². The van der Waals surface area contributed by atoms with Crippen molar-refractivity contribution in [3.63, 3.8) is 0 Å². The van der Waals surface area contributed by atoms with Crippen LogP contribution in [0.4, 0.5) is 0 Å². The Bertz CT molecular complexity index is 322. The highest BCUT2D eigenvalue weighted by atomic mass is 16.5. The summed E-state index contributed by atoms with van der Waals surface area (Å²) in [4.78, 5) is 22.4. The summed E-state index contributed by atoms with van der Waals surface area (Å²) in [5, 5.41) is 5.71. The lowest BCUT2D eigenvalue weighted by molar-refractivity contribution is -0.127.